The SMILES string of the molecule is CC(=O)N[C@H]1[C@@H](OP(=O)(O)OP(=O)(O)OC[C@H]2O[C@@H](n3cc(C)c(=O)[nH]c3=O)C[C@@H]2O)O[C@H](CO)[C@H](O)[C@@H]1O. The predicted molar refractivity (Wildman–Crippen MR) is 124 cm³/mol. The lowest BCUT2D eigenvalue weighted by Gasteiger charge is -2.42. The number of amides is 1. The average molecular weight is 605 g/mol. The number of nitrogens with one attached hydrogen (secondary N) is 2. The van der Waals surface area contributed by atoms with Crippen molar-refractivity contribution in [3.8, 4) is 0 Å². The van der Waals surface area contributed by atoms with Gasteiger partial charge in [0.15, 0.2) is 6.29 Å². The third-order valence-electron chi connectivity index (χ3n) is 5.76. The number of aromatic amines is 1. The largest absolute Gasteiger partial charge is 0.483 e. The molecule has 0 spiro atoms. The van der Waals surface area contributed by atoms with Crippen LogP contribution >= 0.6 is 15.6 Å². The first-order chi connectivity index (χ1) is 18.0. The van der Waals surface area contributed by atoms with Crippen LogP contribution in [-0.4, -0.2) is 102 Å². The van der Waals surface area contributed by atoms with Crippen molar-refractivity contribution in [3.63, 3.8) is 0 Å². The van der Waals surface area contributed by atoms with Crippen molar-refractivity contribution in [1.29, 1.82) is 0 Å². The van der Waals surface area contributed by atoms with Crippen LogP contribution in [0.25, 0.3) is 0 Å². The molecule has 1 aromatic heterocycles. The number of hydrogen-bond acceptors (Lipinski definition) is 14. The maximum absolute atomic E-state index is 12.5. The molecule has 1 aromatic rings. The van der Waals surface area contributed by atoms with Gasteiger partial charge in [-0.2, -0.15) is 4.31 Å². The minimum Gasteiger partial charge on any atom is -0.394 e. The van der Waals surface area contributed by atoms with Crippen molar-refractivity contribution < 1.29 is 67.0 Å². The lowest BCUT2D eigenvalue weighted by Crippen LogP contribution is -2.64. The van der Waals surface area contributed by atoms with E-state index in [1.165, 1.54) is 13.1 Å². The van der Waals surface area contributed by atoms with Crippen LogP contribution in [0, 0.1) is 6.92 Å². The van der Waals surface area contributed by atoms with Crippen molar-refractivity contribution in [3.05, 3.63) is 32.6 Å². The Morgan fingerprint density at radius 1 is 1.15 bits per heavy atom. The highest BCUT2D eigenvalue weighted by atomic mass is 31.3. The molecule has 3 rings (SSSR count). The molecule has 2 saturated heterocycles. The van der Waals surface area contributed by atoms with E-state index >= 15 is 0 Å². The third-order valence-corrected chi connectivity index (χ3v) is 8.36. The van der Waals surface area contributed by atoms with Gasteiger partial charge in [-0.25, -0.2) is 13.9 Å². The summed E-state index contributed by atoms with van der Waals surface area (Å²) in [6.45, 7) is 0.698. The minimum atomic E-state index is -5.57. The molecule has 0 radical (unpaired) electrons. The molecule has 21 heteroatoms. The van der Waals surface area contributed by atoms with E-state index in [2.05, 4.69) is 19.1 Å². The standard InChI is InChI=1S/C18H29N3O16P2/c1-7-4-21(18(28)20-16(7)27)12-3-9(24)11(34-12)6-33-38(29,30)37-39(31,32)36-17-13(19-8(2)23)15(26)14(25)10(5-22)35-17/h4,9-15,17,22,24-26H,3,5-6H2,1-2H3,(H,19,23)(H,29,30)(H,31,32)(H,20,27,28)/t9-,10+,11+,12+,13+,14-,15+,17+/m0/s1. The number of ether oxygens (including phenoxy) is 2. The molecule has 222 valence electrons. The second-order valence-corrected chi connectivity index (χ2v) is 11.8. The molecule has 2 fully saturated rings. The number of aromatic nitrogens is 2. The number of aliphatic hydroxyl groups is 4. The van der Waals surface area contributed by atoms with Gasteiger partial charge in [-0.05, 0) is 6.92 Å². The second kappa shape index (κ2) is 12.4. The normalized spacial score (nSPS) is 34.3. The Bertz CT molecular complexity index is 1250. The number of carbonyl (C=O) groups is 1. The number of aliphatic hydroxyl groups excluding tert-OH is 4. The molecule has 3 heterocycles. The van der Waals surface area contributed by atoms with Crippen LogP contribution < -0.4 is 16.6 Å². The summed E-state index contributed by atoms with van der Waals surface area (Å²) in [6.07, 6.45) is -9.88. The van der Waals surface area contributed by atoms with Crippen LogP contribution in [0.15, 0.2) is 15.8 Å². The van der Waals surface area contributed by atoms with E-state index in [1.54, 1.807) is 0 Å². The number of hydrogen-bond donors (Lipinski definition) is 8. The zero-order chi connectivity index (χ0) is 29.3. The van der Waals surface area contributed by atoms with Gasteiger partial charge < -0.3 is 45.0 Å². The lowest BCUT2D eigenvalue weighted by atomic mass is 9.97. The number of nitrogens with zero attached hydrogens (tertiary/aromatic N) is 1. The number of phosphoric ester groups is 2. The smallest absolute Gasteiger partial charge is 0.394 e. The summed E-state index contributed by atoms with van der Waals surface area (Å²) < 4.78 is 49.9. The highest BCUT2D eigenvalue weighted by Gasteiger charge is 2.49. The van der Waals surface area contributed by atoms with Gasteiger partial charge in [0.2, 0.25) is 5.91 Å². The van der Waals surface area contributed by atoms with Crippen LogP contribution in [-0.2, 0) is 36.8 Å². The zero-order valence-electron chi connectivity index (χ0n) is 20.4. The van der Waals surface area contributed by atoms with E-state index < -0.39 is 95.1 Å². The Morgan fingerprint density at radius 3 is 2.44 bits per heavy atom. The van der Waals surface area contributed by atoms with Gasteiger partial charge in [0.05, 0.1) is 19.3 Å². The Balaban J connectivity index is 1.64. The molecule has 1 amide bonds. The molecular weight excluding hydrogens is 576 g/mol. The molecule has 2 aliphatic heterocycles. The summed E-state index contributed by atoms with van der Waals surface area (Å²) in [7, 11) is -11.0. The van der Waals surface area contributed by atoms with Crippen molar-refractivity contribution in [1.82, 2.24) is 14.9 Å². The number of carbonyl (C=O) groups excluding carboxylic acids is 1. The van der Waals surface area contributed by atoms with Crippen molar-refractivity contribution in [2.24, 2.45) is 0 Å². The molecule has 0 bridgehead atoms. The summed E-state index contributed by atoms with van der Waals surface area (Å²) in [4.78, 5) is 57.1. The van der Waals surface area contributed by atoms with E-state index in [1.807, 2.05) is 0 Å². The zero-order valence-corrected chi connectivity index (χ0v) is 22.2. The average Bonchev–Trinajstić information content (AvgIpc) is 3.18. The van der Waals surface area contributed by atoms with Crippen LogP contribution in [0.4, 0.5) is 0 Å². The second-order valence-electron chi connectivity index (χ2n) is 8.76. The summed E-state index contributed by atoms with van der Waals surface area (Å²) in [6, 6.07) is -1.66. The maximum Gasteiger partial charge on any atom is 0.483 e. The summed E-state index contributed by atoms with van der Waals surface area (Å²) in [5.41, 5.74) is -1.28. The molecule has 0 aromatic carbocycles. The monoisotopic (exact) mass is 605 g/mol. The van der Waals surface area contributed by atoms with Gasteiger partial charge in [0, 0.05) is 25.1 Å². The maximum atomic E-state index is 12.5. The van der Waals surface area contributed by atoms with Crippen LogP contribution in [0.2, 0.25) is 0 Å². The van der Waals surface area contributed by atoms with E-state index in [0.29, 0.717) is 0 Å². The van der Waals surface area contributed by atoms with Crippen LogP contribution in [0.1, 0.15) is 25.1 Å². The Hall–Kier alpha value is -1.83. The minimum absolute atomic E-state index is 0.175. The number of phosphoric acid groups is 2. The van der Waals surface area contributed by atoms with Crippen molar-refractivity contribution >= 4 is 21.6 Å². The number of H-pyrrole nitrogens is 1. The highest BCUT2D eigenvalue weighted by Crippen LogP contribution is 2.61. The van der Waals surface area contributed by atoms with Gasteiger partial charge in [-0.3, -0.25) is 28.2 Å². The Kier molecular flexibility index (Phi) is 10.0. The van der Waals surface area contributed by atoms with Crippen molar-refractivity contribution in [2.45, 2.75) is 69.3 Å². The van der Waals surface area contributed by atoms with Gasteiger partial charge in [0.1, 0.15) is 36.7 Å². The fourth-order valence-electron chi connectivity index (χ4n) is 3.87. The first-order valence-corrected chi connectivity index (χ1v) is 14.3. The molecule has 2 unspecified atom stereocenters. The Labute approximate surface area is 219 Å². The predicted octanol–water partition coefficient (Wildman–Crippen LogP) is -3.31. The fourth-order valence-corrected chi connectivity index (χ4v) is 6.03. The summed E-state index contributed by atoms with van der Waals surface area (Å²) in [5, 5.41) is 41.8. The van der Waals surface area contributed by atoms with E-state index in [9.17, 15) is 53.7 Å². The van der Waals surface area contributed by atoms with Crippen LogP contribution in [0.5, 0.6) is 0 Å². The summed E-state index contributed by atoms with van der Waals surface area (Å²) in [5.74, 6) is -0.775. The van der Waals surface area contributed by atoms with E-state index in [0.717, 1.165) is 11.5 Å². The quantitative estimate of drug-likeness (QED) is 0.121. The van der Waals surface area contributed by atoms with E-state index in [4.69, 9.17) is 14.0 Å². The summed E-state index contributed by atoms with van der Waals surface area (Å²) >= 11 is 0. The topological polar surface area (TPSA) is 286 Å². The Morgan fingerprint density at radius 2 is 1.82 bits per heavy atom. The number of rotatable bonds is 10. The van der Waals surface area contributed by atoms with Gasteiger partial charge in [-0.1, -0.05) is 0 Å². The molecular formula is C18H29N3O16P2. The van der Waals surface area contributed by atoms with E-state index in [-0.39, 0.29) is 12.0 Å². The van der Waals surface area contributed by atoms with Crippen molar-refractivity contribution in [2.75, 3.05) is 13.2 Å². The van der Waals surface area contributed by atoms with Gasteiger partial charge in [0.25, 0.3) is 5.56 Å². The first-order valence-electron chi connectivity index (χ1n) is 11.3. The fraction of sp³-hybridized carbons (Fsp3) is 0.722. The number of aryl methyl sites for hydroxylation is 1. The molecule has 10 atom stereocenters. The molecule has 0 aliphatic carbocycles. The lowest BCUT2D eigenvalue weighted by molar-refractivity contribution is -0.247. The van der Waals surface area contributed by atoms with Gasteiger partial charge >= 0.3 is 21.3 Å². The molecule has 8 N–H and O–H groups in total. The third kappa shape index (κ3) is 7.89. The molecule has 0 saturated carbocycles. The molecule has 39 heavy (non-hydrogen) atoms. The first kappa shape index (κ1) is 31.7. The molecule has 2 aliphatic rings. The van der Waals surface area contributed by atoms with Gasteiger partial charge in [-0.15, -0.1) is 0 Å². The van der Waals surface area contributed by atoms with Crippen LogP contribution in [0.3, 0.4) is 0 Å². The molecule has 19 nitrogen and oxygen atoms in total. The highest BCUT2D eigenvalue weighted by molar-refractivity contribution is 7.61.